The maximum Gasteiger partial charge on any atom is 0.695 e. The molecule has 0 bridgehead atoms. The molecule has 1 saturated heterocycles. The normalized spacial score (nSPS) is 22.2. The maximum atomic E-state index is 12.7. The standard InChI is InChI=1S/C19H30N5O6PSSi/c1-11(2)15(25)22-17-21-14-13(16(26)23-17)20-10-24(14)19(30-33(6,7)18(3,4)5)12(8-9-32-19)29-31(27)28/h10-12H,8-9H2,1-7H3,(H2-,21,22,23,25,26,27,28)/p+1. The van der Waals surface area contributed by atoms with Crippen molar-refractivity contribution in [1.82, 2.24) is 19.5 Å². The first-order valence-corrected chi connectivity index (χ1v) is 15.7. The second kappa shape index (κ2) is 9.20. The summed E-state index contributed by atoms with van der Waals surface area (Å²) in [6.45, 7) is 13.8. The lowest BCUT2D eigenvalue weighted by Gasteiger charge is -2.45. The number of thioether (sulfide) groups is 1. The second-order valence-electron chi connectivity index (χ2n) is 9.81. The number of nitrogens with one attached hydrogen (secondary N) is 2. The Morgan fingerprint density at radius 3 is 2.70 bits per heavy atom. The van der Waals surface area contributed by atoms with Crippen molar-refractivity contribution in [3.8, 4) is 0 Å². The van der Waals surface area contributed by atoms with Gasteiger partial charge in [-0.15, -0.1) is 21.2 Å². The predicted octanol–water partition coefficient (Wildman–Crippen LogP) is 3.52. The molecule has 14 heteroatoms. The van der Waals surface area contributed by atoms with Gasteiger partial charge in [-0.25, -0.2) is 4.98 Å². The Morgan fingerprint density at radius 1 is 1.45 bits per heavy atom. The molecular weight excluding hydrogens is 485 g/mol. The Bertz CT molecular complexity index is 1130. The molecule has 33 heavy (non-hydrogen) atoms. The molecule has 0 aliphatic carbocycles. The van der Waals surface area contributed by atoms with Gasteiger partial charge in [0.1, 0.15) is 6.33 Å². The number of aromatic amines is 1. The van der Waals surface area contributed by atoms with Crippen molar-refractivity contribution in [3.63, 3.8) is 0 Å². The Balaban J connectivity index is 2.21. The van der Waals surface area contributed by atoms with E-state index in [9.17, 15) is 19.0 Å². The minimum Gasteiger partial charge on any atom is -0.384 e. The van der Waals surface area contributed by atoms with Gasteiger partial charge >= 0.3 is 8.25 Å². The van der Waals surface area contributed by atoms with Gasteiger partial charge in [0, 0.05) is 16.2 Å². The summed E-state index contributed by atoms with van der Waals surface area (Å²) in [5.74, 6) is -0.0238. The number of imidazole rings is 1. The van der Waals surface area contributed by atoms with Gasteiger partial charge in [-0.1, -0.05) is 34.6 Å². The van der Waals surface area contributed by atoms with Gasteiger partial charge in [-0.2, -0.15) is 4.98 Å². The van der Waals surface area contributed by atoms with Crippen molar-refractivity contribution in [2.24, 2.45) is 5.92 Å². The molecule has 3 atom stereocenters. The van der Waals surface area contributed by atoms with E-state index in [0.717, 1.165) is 0 Å². The lowest BCUT2D eigenvalue weighted by molar-refractivity contribution is -0.118. The number of aromatic nitrogens is 4. The van der Waals surface area contributed by atoms with Crippen LogP contribution in [0.25, 0.3) is 11.2 Å². The van der Waals surface area contributed by atoms with Crippen LogP contribution in [-0.4, -0.2) is 50.5 Å². The number of carbonyl (C=O) groups is 1. The monoisotopic (exact) mass is 516 g/mol. The molecule has 3 N–H and O–H groups in total. The van der Waals surface area contributed by atoms with E-state index in [1.165, 1.54) is 18.1 Å². The van der Waals surface area contributed by atoms with Crippen LogP contribution in [-0.2, 0) is 23.4 Å². The first-order valence-electron chi connectivity index (χ1n) is 10.6. The predicted molar refractivity (Wildman–Crippen MR) is 130 cm³/mol. The van der Waals surface area contributed by atoms with Crippen molar-refractivity contribution in [3.05, 3.63) is 16.7 Å². The van der Waals surface area contributed by atoms with Gasteiger partial charge in [0.25, 0.3) is 5.56 Å². The number of nitrogens with zero attached hydrogens (tertiary/aromatic N) is 3. The first kappa shape index (κ1) is 26.0. The van der Waals surface area contributed by atoms with Gasteiger partial charge in [0.2, 0.25) is 16.9 Å². The third-order valence-electron chi connectivity index (χ3n) is 6.03. The average Bonchev–Trinajstić information content (AvgIpc) is 3.25. The van der Waals surface area contributed by atoms with Crippen molar-refractivity contribution in [2.45, 2.75) is 70.3 Å². The lowest BCUT2D eigenvalue weighted by Crippen LogP contribution is -2.53. The summed E-state index contributed by atoms with van der Waals surface area (Å²) in [5, 5.41) is 1.17. The number of carbonyl (C=O) groups excluding carboxylic acids is 1. The molecule has 3 rings (SSSR count). The summed E-state index contributed by atoms with van der Waals surface area (Å²) in [4.78, 5) is 45.7. The summed E-state index contributed by atoms with van der Waals surface area (Å²) in [7, 11) is -5.35. The molecule has 1 aliphatic rings. The van der Waals surface area contributed by atoms with Gasteiger partial charge < -0.3 is 4.43 Å². The molecule has 3 unspecified atom stereocenters. The fourth-order valence-electron chi connectivity index (χ4n) is 3.16. The Morgan fingerprint density at radius 2 is 2.12 bits per heavy atom. The fraction of sp³-hybridized carbons (Fsp3) is 0.684. The highest BCUT2D eigenvalue weighted by molar-refractivity contribution is 8.00. The minimum atomic E-state index is -2.90. The van der Waals surface area contributed by atoms with Crippen LogP contribution in [0.4, 0.5) is 5.95 Å². The second-order valence-corrected chi connectivity index (χ2v) is 16.5. The van der Waals surface area contributed by atoms with E-state index in [1.807, 2.05) is 0 Å². The summed E-state index contributed by atoms with van der Waals surface area (Å²) in [5.41, 5.74) is -0.267. The van der Waals surface area contributed by atoms with E-state index < -0.39 is 33.3 Å². The van der Waals surface area contributed by atoms with Crippen molar-refractivity contribution in [2.75, 3.05) is 11.1 Å². The third kappa shape index (κ3) is 5.08. The summed E-state index contributed by atoms with van der Waals surface area (Å²) in [6.07, 6.45) is 1.12. The molecule has 2 aromatic heterocycles. The van der Waals surface area contributed by atoms with Gasteiger partial charge in [-0.05, 0) is 24.6 Å². The molecule has 0 aromatic carbocycles. The van der Waals surface area contributed by atoms with Crippen LogP contribution in [0.3, 0.4) is 0 Å². The Labute approximate surface area is 198 Å². The molecule has 0 radical (unpaired) electrons. The molecule has 0 saturated carbocycles. The fourth-order valence-corrected chi connectivity index (χ4v) is 7.08. The van der Waals surface area contributed by atoms with Crippen molar-refractivity contribution in [1.29, 1.82) is 0 Å². The van der Waals surface area contributed by atoms with Crippen LogP contribution < -0.4 is 10.9 Å². The van der Waals surface area contributed by atoms with Crippen LogP contribution in [0.5, 0.6) is 0 Å². The summed E-state index contributed by atoms with van der Waals surface area (Å²) < 4.78 is 25.5. The molecule has 0 spiro atoms. The van der Waals surface area contributed by atoms with Crippen LogP contribution in [0, 0.1) is 5.92 Å². The van der Waals surface area contributed by atoms with Crippen LogP contribution in [0.1, 0.15) is 41.0 Å². The smallest absolute Gasteiger partial charge is 0.384 e. The number of H-pyrrole nitrogens is 1. The first-order chi connectivity index (χ1) is 15.2. The third-order valence-corrected chi connectivity index (χ3v) is 12.4. The van der Waals surface area contributed by atoms with Crippen molar-refractivity contribution >= 4 is 51.4 Å². The van der Waals surface area contributed by atoms with Gasteiger partial charge in [0.05, 0.1) is 0 Å². The molecular formula is C19H31N5O6PSSi+. The molecule has 2 aromatic rings. The van der Waals surface area contributed by atoms with E-state index in [0.29, 0.717) is 12.2 Å². The molecule has 1 amide bonds. The molecule has 11 nitrogen and oxygen atoms in total. The van der Waals surface area contributed by atoms with E-state index in [-0.39, 0.29) is 34.0 Å². The molecule has 182 valence electrons. The number of amides is 1. The van der Waals surface area contributed by atoms with Crippen LogP contribution >= 0.6 is 20.0 Å². The zero-order valence-electron chi connectivity index (χ0n) is 19.8. The highest BCUT2D eigenvalue weighted by Crippen LogP contribution is 2.53. The molecule has 3 heterocycles. The van der Waals surface area contributed by atoms with E-state index >= 15 is 0 Å². The quantitative estimate of drug-likeness (QED) is 0.371. The highest BCUT2D eigenvalue weighted by atomic mass is 32.2. The number of rotatable bonds is 7. The maximum absolute atomic E-state index is 12.7. The van der Waals surface area contributed by atoms with Gasteiger partial charge in [-0.3, -0.25) is 24.5 Å². The van der Waals surface area contributed by atoms with Gasteiger partial charge in [0.15, 0.2) is 25.6 Å². The number of hydrogen-bond acceptors (Lipinski definition) is 8. The topological polar surface area (TPSA) is 148 Å². The zero-order chi connectivity index (χ0) is 24.8. The lowest BCUT2D eigenvalue weighted by atomic mass is 10.2. The van der Waals surface area contributed by atoms with Crippen LogP contribution in [0.15, 0.2) is 11.1 Å². The SMILES string of the molecule is CC(C)C(=O)Nc1nc2c(ncn2C2(O[Si](C)(C)C(C)(C)C)SCCC2O[P+](=O)O)c(=O)[nH]1. The minimum absolute atomic E-state index is 0.0101. The largest absolute Gasteiger partial charge is 0.695 e. The number of hydrogen-bond donors (Lipinski definition) is 3. The van der Waals surface area contributed by atoms with E-state index in [4.69, 9.17) is 8.95 Å². The average molecular weight is 517 g/mol. The summed E-state index contributed by atoms with van der Waals surface area (Å²) in [6, 6.07) is 0. The summed E-state index contributed by atoms with van der Waals surface area (Å²) >= 11 is 1.42. The molecule has 1 fully saturated rings. The van der Waals surface area contributed by atoms with E-state index in [2.05, 4.69) is 54.1 Å². The highest BCUT2D eigenvalue weighted by Gasteiger charge is 2.57. The van der Waals surface area contributed by atoms with Crippen LogP contribution in [0.2, 0.25) is 18.1 Å². The van der Waals surface area contributed by atoms with Crippen molar-refractivity contribution < 1.29 is 23.2 Å². The Kier molecular flexibility index (Phi) is 7.24. The Hall–Kier alpha value is -1.63. The number of anilines is 1. The molecule has 1 aliphatic heterocycles. The zero-order valence-corrected chi connectivity index (χ0v) is 22.5. The number of fused-ring (bicyclic) bond motifs is 1. The van der Waals surface area contributed by atoms with E-state index in [1.54, 1.807) is 18.4 Å².